The molecule has 0 unspecified atom stereocenters. The highest BCUT2D eigenvalue weighted by molar-refractivity contribution is 7.20. The lowest BCUT2D eigenvalue weighted by Crippen LogP contribution is -2.57. The standard InChI is InChI=1S/C35H40FN5O5S/c36-24-15-16-27-30(17-24)47-34(38-27)46-26-18-29-31(42)39-35(33(44)40-45-21-22-13-14-22)19-23(35)9-5-2-1-3-8-12-28(32(43)41(29)20-26)37-25-10-6-4-7-11-25/h4-7,9-11,15-17,22-23,26,28-29,37H,1-3,8,12-14,18-21H2,(H,39,42)(H,40,44)/b9-5-/t23-,26+,28-,29-,35+/m0/s1. The molecule has 3 N–H and O–H groups in total. The molecule has 5 atom stereocenters. The number of anilines is 1. The van der Waals surface area contributed by atoms with Crippen LogP contribution in [0.15, 0.2) is 60.7 Å². The normalized spacial score (nSPS) is 28.7. The lowest BCUT2D eigenvalue weighted by atomic mass is 10.0. The predicted octanol–water partition coefficient (Wildman–Crippen LogP) is 5.12. The van der Waals surface area contributed by atoms with Crippen molar-refractivity contribution in [2.24, 2.45) is 11.8 Å². The third-order valence-electron chi connectivity index (χ3n) is 9.54. The van der Waals surface area contributed by atoms with Crippen LogP contribution >= 0.6 is 11.3 Å². The first kappa shape index (κ1) is 31.6. The molecule has 2 aliphatic carbocycles. The van der Waals surface area contributed by atoms with Gasteiger partial charge in [0.1, 0.15) is 29.5 Å². The Morgan fingerprint density at radius 1 is 1.11 bits per heavy atom. The molecule has 2 aromatic carbocycles. The summed E-state index contributed by atoms with van der Waals surface area (Å²) >= 11 is 1.22. The summed E-state index contributed by atoms with van der Waals surface area (Å²) in [7, 11) is 0. The molecular weight excluding hydrogens is 621 g/mol. The molecule has 0 bridgehead atoms. The number of hydroxylamine groups is 1. The van der Waals surface area contributed by atoms with Gasteiger partial charge in [0.2, 0.25) is 11.8 Å². The number of carbonyl (C=O) groups excluding carboxylic acids is 3. The molecule has 4 aliphatic rings. The van der Waals surface area contributed by atoms with E-state index in [1.165, 1.54) is 23.5 Å². The zero-order chi connectivity index (χ0) is 32.4. The van der Waals surface area contributed by atoms with Crippen LogP contribution in [0.1, 0.15) is 57.8 Å². The molecule has 1 saturated heterocycles. The first-order valence-electron chi connectivity index (χ1n) is 16.6. The van der Waals surface area contributed by atoms with E-state index in [-0.39, 0.29) is 36.5 Å². The number of carbonyl (C=O) groups is 3. The fourth-order valence-corrected chi connectivity index (χ4v) is 7.48. The smallest absolute Gasteiger partial charge is 0.274 e. The lowest BCUT2D eigenvalue weighted by Gasteiger charge is -2.30. The second kappa shape index (κ2) is 13.6. The van der Waals surface area contributed by atoms with Crippen LogP contribution in [-0.2, 0) is 19.2 Å². The number of fused-ring (bicyclic) bond motifs is 3. The largest absolute Gasteiger partial charge is 0.465 e. The van der Waals surface area contributed by atoms with E-state index in [1.807, 2.05) is 36.4 Å². The van der Waals surface area contributed by atoms with Crippen LogP contribution in [0.5, 0.6) is 5.19 Å². The summed E-state index contributed by atoms with van der Waals surface area (Å²) in [6.45, 7) is 0.621. The van der Waals surface area contributed by atoms with Crippen LogP contribution in [0.3, 0.4) is 0 Å². The molecule has 3 heterocycles. The van der Waals surface area contributed by atoms with Crippen molar-refractivity contribution in [3.05, 3.63) is 66.5 Å². The molecule has 47 heavy (non-hydrogen) atoms. The molecule has 248 valence electrons. The van der Waals surface area contributed by atoms with Crippen molar-refractivity contribution in [2.75, 3.05) is 18.5 Å². The highest BCUT2D eigenvalue weighted by atomic mass is 32.1. The summed E-state index contributed by atoms with van der Waals surface area (Å²) in [5, 5.41) is 6.81. The summed E-state index contributed by atoms with van der Waals surface area (Å²) < 4.78 is 20.8. The summed E-state index contributed by atoms with van der Waals surface area (Å²) in [5.74, 6) is -1.04. The summed E-state index contributed by atoms with van der Waals surface area (Å²) in [4.78, 5) is 53.7. The highest BCUT2D eigenvalue weighted by Gasteiger charge is 2.61. The molecule has 0 spiro atoms. The number of nitrogens with one attached hydrogen (secondary N) is 3. The predicted molar refractivity (Wildman–Crippen MR) is 176 cm³/mol. The van der Waals surface area contributed by atoms with Gasteiger partial charge in [-0.15, -0.1) is 0 Å². The maximum atomic E-state index is 14.4. The quantitative estimate of drug-likeness (QED) is 0.227. The Balaban J connectivity index is 1.15. The Labute approximate surface area is 277 Å². The number of thiazole rings is 1. The number of hydrogen-bond donors (Lipinski definition) is 3. The van der Waals surface area contributed by atoms with Crippen molar-refractivity contribution in [1.29, 1.82) is 0 Å². The maximum Gasteiger partial charge on any atom is 0.274 e. The van der Waals surface area contributed by atoms with Crippen molar-refractivity contribution in [3.8, 4) is 5.19 Å². The minimum Gasteiger partial charge on any atom is -0.465 e. The highest BCUT2D eigenvalue weighted by Crippen LogP contribution is 2.46. The van der Waals surface area contributed by atoms with E-state index in [0.717, 1.165) is 44.2 Å². The van der Waals surface area contributed by atoms with Crippen LogP contribution in [0.4, 0.5) is 10.1 Å². The monoisotopic (exact) mass is 661 g/mol. The number of nitrogens with zero attached hydrogens (tertiary/aromatic N) is 2. The summed E-state index contributed by atoms with van der Waals surface area (Å²) in [6.07, 6.45) is 10.6. The van der Waals surface area contributed by atoms with Crippen molar-refractivity contribution < 1.29 is 28.3 Å². The van der Waals surface area contributed by atoms with Crippen molar-refractivity contribution >= 4 is 45.0 Å². The van der Waals surface area contributed by atoms with Gasteiger partial charge >= 0.3 is 0 Å². The number of amides is 3. The van der Waals surface area contributed by atoms with Gasteiger partial charge in [-0.05, 0) is 74.8 Å². The first-order valence-corrected chi connectivity index (χ1v) is 17.5. The number of hydrogen-bond acceptors (Lipinski definition) is 8. The Bertz CT molecular complexity index is 1650. The molecule has 1 aromatic heterocycles. The van der Waals surface area contributed by atoms with Gasteiger partial charge in [-0.3, -0.25) is 19.2 Å². The van der Waals surface area contributed by atoms with E-state index in [4.69, 9.17) is 9.57 Å². The number of para-hydroxylation sites is 1. The molecule has 7 rings (SSSR count). The number of ether oxygens (including phenoxy) is 1. The van der Waals surface area contributed by atoms with Crippen LogP contribution in [-0.4, -0.2) is 64.5 Å². The van der Waals surface area contributed by atoms with Crippen LogP contribution < -0.4 is 20.9 Å². The maximum absolute atomic E-state index is 14.4. The average Bonchev–Trinajstić information content (AvgIpc) is 3.93. The Morgan fingerprint density at radius 3 is 2.79 bits per heavy atom. The number of halogens is 1. The van der Waals surface area contributed by atoms with Crippen molar-refractivity contribution in [1.82, 2.24) is 20.7 Å². The Morgan fingerprint density at radius 2 is 1.96 bits per heavy atom. The van der Waals surface area contributed by atoms with Crippen LogP contribution in [0.2, 0.25) is 0 Å². The number of allylic oxidation sites excluding steroid dienone is 1. The van der Waals surface area contributed by atoms with E-state index in [9.17, 15) is 18.8 Å². The van der Waals surface area contributed by atoms with Gasteiger partial charge in [-0.1, -0.05) is 54.5 Å². The summed E-state index contributed by atoms with van der Waals surface area (Å²) in [5.41, 5.74) is 2.89. The van der Waals surface area contributed by atoms with Gasteiger partial charge in [-0.25, -0.2) is 14.9 Å². The van der Waals surface area contributed by atoms with Gasteiger partial charge in [0.25, 0.3) is 11.1 Å². The van der Waals surface area contributed by atoms with E-state index >= 15 is 0 Å². The molecule has 0 radical (unpaired) electrons. The second-order valence-electron chi connectivity index (χ2n) is 13.2. The first-order chi connectivity index (χ1) is 22.9. The van der Waals surface area contributed by atoms with E-state index in [2.05, 4.69) is 27.2 Å². The molecule has 3 fully saturated rings. The fourth-order valence-electron chi connectivity index (χ4n) is 6.57. The van der Waals surface area contributed by atoms with Gasteiger partial charge < -0.3 is 20.3 Å². The van der Waals surface area contributed by atoms with Crippen molar-refractivity contribution in [2.45, 2.75) is 81.5 Å². The third kappa shape index (κ3) is 7.28. The number of rotatable bonds is 8. The molecule has 2 saturated carbocycles. The van der Waals surface area contributed by atoms with Gasteiger partial charge in [0.15, 0.2) is 0 Å². The fraction of sp³-hybridized carbons (Fsp3) is 0.486. The van der Waals surface area contributed by atoms with E-state index in [0.29, 0.717) is 40.8 Å². The van der Waals surface area contributed by atoms with Crippen molar-refractivity contribution in [3.63, 3.8) is 0 Å². The summed E-state index contributed by atoms with van der Waals surface area (Å²) in [6, 6.07) is 12.5. The van der Waals surface area contributed by atoms with E-state index < -0.39 is 29.6 Å². The van der Waals surface area contributed by atoms with Gasteiger partial charge in [0.05, 0.1) is 23.4 Å². The molecule has 3 aromatic rings. The molecule has 2 aliphatic heterocycles. The molecule has 10 nitrogen and oxygen atoms in total. The minimum absolute atomic E-state index is 0.168. The second-order valence-corrected chi connectivity index (χ2v) is 14.2. The van der Waals surface area contributed by atoms with E-state index in [1.54, 1.807) is 11.0 Å². The van der Waals surface area contributed by atoms with Gasteiger partial charge in [0, 0.05) is 18.0 Å². The lowest BCUT2D eigenvalue weighted by molar-refractivity contribution is -0.143. The molecule has 12 heteroatoms. The number of aromatic nitrogens is 1. The van der Waals surface area contributed by atoms with Crippen LogP contribution in [0, 0.1) is 17.7 Å². The Hall–Kier alpha value is -4.03. The van der Waals surface area contributed by atoms with Crippen LogP contribution in [0.25, 0.3) is 10.2 Å². The SMILES string of the molecule is O=C1N[C@]2(C(=O)NOCC3CC3)C[C@@H]2/C=C\CCCCC[C@H](Nc2ccccc2)C(=O)N2C[C@H](Oc3nc4ccc(F)cc4s3)C[C@@H]12. The average molecular weight is 662 g/mol. The molecular formula is C35H40FN5O5S. The zero-order valence-corrected chi connectivity index (χ0v) is 27.0. The third-order valence-corrected chi connectivity index (χ3v) is 10.4. The zero-order valence-electron chi connectivity index (χ0n) is 26.2. The topological polar surface area (TPSA) is 122 Å². The number of benzene rings is 2. The van der Waals surface area contributed by atoms with Gasteiger partial charge in [-0.2, -0.15) is 0 Å². The minimum atomic E-state index is -1.15. The Kier molecular flexibility index (Phi) is 9.13. The molecule has 3 amide bonds.